The highest BCUT2D eigenvalue weighted by Crippen LogP contribution is 2.20. The van der Waals surface area contributed by atoms with E-state index in [0.717, 1.165) is 15.8 Å². The summed E-state index contributed by atoms with van der Waals surface area (Å²) in [5.41, 5.74) is 0. The van der Waals surface area contributed by atoms with E-state index in [2.05, 4.69) is 26.6 Å². The number of hydrogen-bond acceptors (Lipinski definition) is 3. The molecule has 1 aromatic rings. The Morgan fingerprint density at radius 3 is 2.47 bits per heavy atom. The predicted octanol–water partition coefficient (Wildman–Crippen LogP) is 2.18. The van der Waals surface area contributed by atoms with Crippen LogP contribution in [-0.2, 0) is 9.59 Å². The number of carbonyl (C=O) groups is 2. The van der Waals surface area contributed by atoms with Crippen molar-refractivity contribution in [3.63, 3.8) is 0 Å². The third kappa shape index (κ3) is 7.22. The molecule has 0 aliphatic rings. The SMILES string of the molecule is CCCNC(=O)CNC(=O)CSc1ccc(Br)cc1. The monoisotopic (exact) mass is 344 g/mol. The number of hydrogen-bond donors (Lipinski definition) is 2. The second-order valence-corrected chi connectivity index (χ2v) is 5.83. The van der Waals surface area contributed by atoms with E-state index in [4.69, 9.17) is 0 Å². The van der Waals surface area contributed by atoms with Gasteiger partial charge in [0, 0.05) is 15.9 Å². The van der Waals surface area contributed by atoms with Gasteiger partial charge in [0.05, 0.1) is 12.3 Å². The van der Waals surface area contributed by atoms with Crippen LogP contribution in [0.1, 0.15) is 13.3 Å². The summed E-state index contributed by atoms with van der Waals surface area (Å²) in [5, 5.41) is 5.29. The molecule has 1 aromatic carbocycles. The van der Waals surface area contributed by atoms with Gasteiger partial charge in [-0.2, -0.15) is 0 Å². The van der Waals surface area contributed by atoms with E-state index in [1.807, 2.05) is 31.2 Å². The molecular formula is C13H17BrN2O2S. The minimum absolute atomic E-state index is 0.0414. The average Bonchev–Trinajstić information content (AvgIpc) is 2.42. The van der Waals surface area contributed by atoms with Gasteiger partial charge in [0.15, 0.2) is 0 Å². The lowest BCUT2D eigenvalue weighted by Gasteiger charge is -2.06. The van der Waals surface area contributed by atoms with Crippen LogP contribution in [0.25, 0.3) is 0 Å². The third-order valence-electron chi connectivity index (χ3n) is 2.20. The van der Waals surface area contributed by atoms with Gasteiger partial charge in [0.1, 0.15) is 0 Å². The molecule has 0 unspecified atom stereocenters. The van der Waals surface area contributed by atoms with Crippen LogP contribution in [-0.4, -0.2) is 30.7 Å². The van der Waals surface area contributed by atoms with E-state index in [0.29, 0.717) is 12.3 Å². The zero-order chi connectivity index (χ0) is 14.1. The van der Waals surface area contributed by atoms with E-state index in [1.165, 1.54) is 11.8 Å². The predicted molar refractivity (Wildman–Crippen MR) is 81.2 cm³/mol. The van der Waals surface area contributed by atoms with Crippen molar-refractivity contribution in [1.82, 2.24) is 10.6 Å². The summed E-state index contributed by atoms with van der Waals surface area (Å²) in [6.07, 6.45) is 0.888. The summed E-state index contributed by atoms with van der Waals surface area (Å²) < 4.78 is 1.01. The largest absolute Gasteiger partial charge is 0.355 e. The normalized spacial score (nSPS) is 10.0. The highest BCUT2D eigenvalue weighted by molar-refractivity contribution is 9.10. The number of carbonyl (C=O) groups excluding carboxylic acids is 2. The quantitative estimate of drug-likeness (QED) is 0.745. The van der Waals surface area contributed by atoms with Crippen molar-refractivity contribution in [3.8, 4) is 0 Å². The molecule has 0 aromatic heterocycles. The van der Waals surface area contributed by atoms with E-state index in [-0.39, 0.29) is 18.4 Å². The number of rotatable bonds is 7. The van der Waals surface area contributed by atoms with Crippen LogP contribution in [0.3, 0.4) is 0 Å². The molecule has 0 heterocycles. The van der Waals surface area contributed by atoms with Crippen molar-refractivity contribution >= 4 is 39.5 Å². The molecule has 6 heteroatoms. The second kappa shape index (κ2) is 8.98. The summed E-state index contributed by atoms with van der Waals surface area (Å²) in [4.78, 5) is 23.8. The van der Waals surface area contributed by atoms with Gasteiger partial charge in [-0.15, -0.1) is 11.8 Å². The maximum absolute atomic E-state index is 11.5. The third-order valence-corrected chi connectivity index (χ3v) is 3.74. The average molecular weight is 345 g/mol. The Labute approximate surface area is 125 Å². The smallest absolute Gasteiger partial charge is 0.239 e. The Hall–Kier alpha value is -1.01. The van der Waals surface area contributed by atoms with E-state index < -0.39 is 0 Å². The van der Waals surface area contributed by atoms with Gasteiger partial charge in [0.2, 0.25) is 11.8 Å². The molecule has 0 atom stereocenters. The van der Waals surface area contributed by atoms with Gasteiger partial charge in [-0.1, -0.05) is 22.9 Å². The highest BCUT2D eigenvalue weighted by atomic mass is 79.9. The lowest BCUT2D eigenvalue weighted by molar-refractivity contribution is -0.124. The molecular weight excluding hydrogens is 328 g/mol. The van der Waals surface area contributed by atoms with Gasteiger partial charge >= 0.3 is 0 Å². The lowest BCUT2D eigenvalue weighted by Crippen LogP contribution is -2.37. The maximum Gasteiger partial charge on any atom is 0.239 e. The molecule has 19 heavy (non-hydrogen) atoms. The Morgan fingerprint density at radius 2 is 1.84 bits per heavy atom. The van der Waals surface area contributed by atoms with E-state index in [9.17, 15) is 9.59 Å². The summed E-state index contributed by atoms with van der Waals surface area (Å²) in [5.74, 6) is 0.0197. The van der Waals surface area contributed by atoms with Crippen molar-refractivity contribution in [2.75, 3.05) is 18.8 Å². The number of nitrogens with one attached hydrogen (secondary N) is 2. The molecule has 0 radical (unpaired) electrons. The Morgan fingerprint density at radius 1 is 1.16 bits per heavy atom. The topological polar surface area (TPSA) is 58.2 Å². The molecule has 1 rings (SSSR count). The molecule has 0 fully saturated rings. The summed E-state index contributed by atoms with van der Waals surface area (Å²) in [6.45, 7) is 2.66. The van der Waals surface area contributed by atoms with Crippen molar-refractivity contribution in [2.45, 2.75) is 18.2 Å². The molecule has 0 aliphatic carbocycles. The van der Waals surface area contributed by atoms with Crippen LogP contribution < -0.4 is 10.6 Å². The lowest BCUT2D eigenvalue weighted by atomic mass is 10.4. The number of halogens is 1. The molecule has 0 saturated carbocycles. The van der Waals surface area contributed by atoms with Gasteiger partial charge in [0.25, 0.3) is 0 Å². The molecule has 0 aliphatic heterocycles. The first-order chi connectivity index (χ1) is 9.11. The van der Waals surface area contributed by atoms with Crippen LogP contribution in [0.15, 0.2) is 33.6 Å². The van der Waals surface area contributed by atoms with Gasteiger partial charge in [-0.05, 0) is 30.7 Å². The zero-order valence-corrected chi connectivity index (χ0v) is 13.1. The number of thioether (sulfide) groups is 1. The number of amides is 2. The second-order valence-electron chi connectivity index (χ2n) is 3.87. The van der Waals surface area contributed by atoms with Crippen LogP contribution in [0, 0.1) is 0 Å². The first kappa shape index (κ1) is 16.0. The zero-order valence-electron chi connectivity index (χ0n) is 10.7. The minimum Gasteiger partial charge on any atom is -0.355 e. The van der Waals surface area contributed by atoms with Crippen LogP contribution in [0.2, 0.25) is 0 Å². The van der Waals surface area contributed by atoms with Crippen LogP contribution in [0.4, 0.5) is 0 Å². The van der Waals surface area contributed by atoms with Gasteiger partial charge < -0.3 is 10.6 Å². The van der Waals surface area contributed by atoms with Crippen LogP contribution >= 0.6 is 27.7 Å². The number of benzene rings is 1. The Kier molecular flexibility index (Phi) is 7.59. The Balaban J connectivity index is 2.21. The molecule has 4 nitrogen and oxygen atoms in total. The van der Waals surface area contributed by atoms with Gasteiger partial charge in [-0.3, -0.25) is 9.59 Å². The molecule has 104 valence electrons. The van der Waals surface area contributed by atoms with E-state index >= 15 is 0 Å². The maximum atomic E-state index is 11.5. The molecule has 0 spiro atoms. The fourth-order valence-corrected chi connectivity index (χ4v) is 2.23. The fourth-order valence-electron chi connectivity index (χ4n) is 1.24. The summed E-state index contributed by atoms with van der Waals surface area (Å²) in [6, 6.07) is 7.74. The first-order valence-electron chi connectivity index (χ1n) is 6.03. The summed E-state index contributed by atoms with van der Waals surface area (Å²) in [7, 11) is 0. The summed E-state index contributed by atoms with van der Waals surface area (Å²) >= 11 is 4.80. The molecule has 2 N–H and O–H groups in total. The van der Waals surface area contributed by atoms with Crippen molar-refractivity contribution < 1.29 is 9.59 Å². The van der Waals surface area contributed by atoms with Crippen molar-refractivity contribution in [2.24, 2.45) is 0 Å². The van der Waals surface area contributed by atoms with Gasteiger partial charge in [-0.25, -0.2) is 0 Å². The van der Waals surface area contributed by atoms with Crippen LogP contribution in [0.5, 0.6) is 0 Å². The van der Waals surface area contributed by atoms with Crippen molar-refractivity contribution in [1.29, 1.82) is 0 Å². The molecule has 2 amide bonds. The minimum atomic E-state index is -0.149. The fraction of sp³-hybridized carbons (Fsp3) is 0.385. The molecule has 0 bridgehead atoms. The standard InChI is InChI=1S/C13H17BrN2O2S/c1-2-7-15-12(17)8-16-13(18)9-19-11-5-3-10(14)4-6-11/h3-6H,2,7-9H2,1H3,(H,15,17)(H,16,18). The Bertz CT molecular complexity index is 423. The first-order valence-corrected chi connectivity index (χ1v) is 7.81. The molecule has 0 saturated heterocycles. The highest BCUT2D eigenvalue weighted by Gasteiger charge is 2.05. The van der Waals surface area contributed by atoms with Crippen molar-refractivity contribution in [3.05, 3.63) is 28.7 Å². The van der Waals surface area contributed by atoms with E-state index in [1.54, 1.807) is 0 Å².